The maximum atomic E-state index is 11.8. The second-order valence-corrected chi connectivity index (χ2v) is 3.52. The third kappa shape index (κ3) is 2.68. The Labute approximate surface area is 90.9 Å². The molecule has 2 nitrogen and oxygen atoms in total. The van der Waals surface area contributed by atoms with E-state index in [1.807, 2.05) is 0 Å². The van der Waals surface area contributed by atoms with Crippen LogP contribution in [0.3, 0.4) is 0 Å². The first-order valence-electron chi connectivity index (χ1n) is 3.30. The standard InChI is InChI=1S/C7H4BrClF3NO/c8-5-4(14-7(10,11)12)2-1-3(9)6(5)13/h1-2H,13H2. The van der Waals surface area contributed by atoms with Gasteiger partial charge in [0.15, 0.2) is 0 Å². The Morgan fingerprint density at radius 1 is 1.36 bits per heavy atom. The van der Waals surface area contributed by atoms with Crippen molar-refractivity contribution in [3.05, 3.63) is 21.6 Å². The Morgan fingerprint density at radius 3 is 2.43 bits per heavy atom. The molecule has 0 aliphatic carbocycles. The van der Waals surface area contributed by atoms with Gasteiger partial charge in [-0.05, 0) is 28.1 Å². The molecule has 7 heteroatoms. The second kappa shape index (κ2) is 3.86. The maximum Gasteiger partial charge on any atom is 0.573 e. The van der Waals surface area contributed by atoms with Crippen LogP contribution in [-0.2, 0) is 0 Å². The van der Waals surface area contributed by atoms with Crippen molar-refractivity contribution in [2.75, 3.05) is 5.73 Å². The molecule has 1 rings (SSSR count). The highest BCUT2D eigenvalue weighted by Gasteiger charge is 2.32. The summed E-state index contributed by atoms with van der Waals surface area (Å²) in [5.41, 5.74) is 5.38. The van der Waals surface area contributed by atoms with Crippen LogP contribution in [0.1, 0.15) is 0 Å². The van der Waals surface area contributed by atoms with Crippen molar-refractivity contribution in [1.29, 1.82) is 0 Å². The van der Waals surface area contributed by atoms with Crippen molar-refractivity contribution in [3.63, 3.8) is 0 Å². The molecule has 0 atom stereocenters. The molecular formula is C7H4BrClF3NO. The predicted molar refractivity (Wildman–Crippen MR) is 50.2 cm³/mol. The molecule has 0 amide bonds. The van der Waals surface area contributed by atoms with E-state index in [4.69, 9.17) is 17.3 Å². The summed E-state index contributed by atoms with van der Waals surface area (Å²) in [4.78, 5) is 0. The number of hydrogen-bond acceptors (Lipinski definition) is 2. The Balaban J connectivity index is 3.06. The number of anilines is 1. The number of hydrogen-bond donors (Lipinski definition) is 1. The Bertz CT molecular complexity index is 356. The van der Waals surface area contributed by atoms with Crippen LogP contribution in [0.15, 0.2) is 16.6 Å². The fourth-order valence-electron chi connectivity index (χ4n) is 0.753. The monoisotopic (exact) mass is 289 g/mol. The van der Waals surface area contributed by atoms with Crippen molar-refractivity contribution >= 4 is 33.2 Å². The molecule has 0 bridgehead atoms. The number of benzene rings is 1. The minimum absolute atomic E-state index is 0.00779. The third-order valence-electron chi connectivity index (χ3n) is 1.32. The van der Waals surface area contributed by atoms with Gasteiger partial charge in [-0.15, -0.1) is 13.2 Å². The average Bonchev–Trinajstić information content (AvgIpc) is 2.04. The van der Waals surface area contributed by atoms with E-state index in [1.54, 1.807) is 0 Å². The predicted octanol–water partition coefficient (Wildman–Crippen LogP) is 3.58. The molecule has 0 aliphatic heterocycles. The topological polar surface area (TPSA) is 35.2 Å². The van der Waals surface area contributed by atoms with Gasteiger partial charge in [-0.25, -0.2) is 0 Å². The van der Waals surface area contributed by atoms with Crippen molar-refractivity contribution in [3.8, 4) is 5.75 Å². The van der Waals surface area contributed by atoms with Crippen molar-refractivity contribution in [1.82, 2.24) is 0 Å². The van der Waals surface area contributed by atoms with E-state index >= 15 is 0 Å². The van der Waals surface area contributed by atoms with Gasteiger partial charge in [-0.3, -0.25) is 0 Å². The first-order chi connectivity index (χ1) is 6.31. The number of alkyl halides is 3. The van der Waals surface area contributed by atoms with Gasteiger partial charge in [0.05, 0.1) is 15.2 Å². The summed E-state index contributed by atoms with van der Waals surface area (Å²) in [5, 5.41) is 0.159. The van der Waals surface area contributed by atoms with Crippen LogP contribution in [0, 0.1) is 0 Å². The molecule has 1 aromatic rings. The Morgan fingerprint density at radius 2 is 1.93 bits per heavy atom. The number of halogens is 5. The lowest BCUT2D eigenvalue weighted by Crippen LogP contribution is -2.17. The normalized spacial score (nSPS) is 11.5. The highest BCUT2D eigenvalue weighted by Crippen LogP contribution is 2.38. The smallest absolute Gasteiger partial charge is 0.405 e. The SMILES string of the molecule is Nc1c(Cl)ccc(OC(F)(F)F)c1Br. The molecule has 78 valence electrons. The Kier molecular flexibility index (Phi) is 3.16. The molecule has 0 unspecified atom stereocenters. The summed E-state index contributed by atoms with van der Waals surface area (Å²) in [7, 11) is 0. The first kappa shape index (κ1) is 11.5. The van der Waals surface area contributed by atoms with Gasteiger partial charge in [0.1, 0.15) is 5.75 Å². The molecule has 0 radical (unpaired) electrons. The van der Waals surface area contributed by atoms with Gasteiger partial charge < -0.3 is 10.5 Å². The van der Waals surface area contributed by atoms with Crippen molar-refractivity contribution in [2.24, 2.45) is 0 Å². The lowest BCUT2D eigenvalue weighted by molar-refractivity contribution is -0.274. The van der Waals surface area contributed by atoms with Gasteiger partial charge in [-0.1, -0.05) is 11.6 Å². The zero-order chi connectivity index (χ0) is 10.9. The van der Waals surface area contributed by atoms with Gasteiger partial charge in [-0.2, -0.15) is 0 Å². The van der Waals surface area contributed by atoms with E-state index in [0.717, 1.165) is 6.07 Å². The zero-order valence-electron chi connectivity index (χ0n) is 6.53. The van der Waals surface area contributed by atoms with Crippen molar-refractivity contribution in [2.45, 2.75) is 6.36 Å². The van der Waals surface area contributed by atoms with Crippen molar-refractivity contribution < 1.29 is 17.9 Å². The molecule has 0 saturated heterocycles. The van der Waals surface area contributed by atoms with E-state index < -0.39 is 12.1 Å². The average molecular weight is 290 g/mol. The van der Waals surface area contributed by atoms with Crippen LogP contribution in [0.25, 0.3) is 0 Å². The highest BCUT2D eigenvalue weighted by atomic mass is 79.9. The van der Waals surface area contributed by atoms with E-state index in [2.05, 4.69) is 20.7 Å². The van der Waals surface area contributed by atoms with Crippen LogP contribution in [0.4, 0.5) is 18.9 Å². The molecular weight excluding hydrogens is 286 g/mol. The minimum atomic E-state index is -4.75. The quantitative estimate of drug-likeness (QED) is 0.802. The molecule has 0 heterocycles. The first-order valence-corrected chi connectivity index (χ1v) is 4.47. The largest absolute Gasteiger partial charge is 0.573 e. The van der Waals surface area contributed by atoms with E-state index in [9.17, 15) is 13.2 Å². The summed E-state index contributed by atoms with van der Waals surface area (Å²) in [6, 6.07) is 2.30. The van der Waals surface area contributed by atoms with E-state index in [-0.39, 0.29) is 15.2 Å². The van der Waals surface area contributed by atoms with Crippen LogP contribution in [0.2, 0.25) is 5.02 Å². The fraction of sp³-hybridized carbons (Fsp3) is 0.143. The summed E-state index contributed by atoms with van der Waals surface area (Å²) < 4.78 is 39.2. The molecule has 0 spiro atoms. The van der Waals surface area contributed by atoms with Gasteiger partial charge >= 0.3 is 6.36 Å². The van der Waals surface area contributed by atoms with E-state index in [0.29, 0.717) is 0 Å². The molecule has 0 aromatic heterocycles. The lowest BCUT2D eigenvalue weighted by atomic mass is 10.3. The maximum absolute atomic E-state index is 11.8. The van der Waals surface area contributed by atoms with Gasteiger partial charge in [0.2, 0.25) is 0 Å². The van der Waals surface area contributed by atoms with Crippen LogP contribution in [-0.4, -0.2) is 6.36 Å². The van der Waals surface area contributed by atoms with E-state index in [1.165, 1.54) is 6.07 Å². The zero-order valence-corrected chi connectivity index (χ0v) is 8.87. The fourth-order valence-corrected chi connectivity index (χ4v) is 1.45. The number of nitrogens with two attached hydrogens (primary N) is 1. The lowest BCUT2D eigenvalue weighted by Gasteiger charge is -2.12. The number of nitrogen functional groups attached to an aromatic ring is 1. The Hall–Kier alpha value is -0.620. The number of ether oxygens (including phenoxy) is 1. The second-order valence-electron chi connectivity index (χ2n) is 2.32. The third-order valence-corrected chi connectivity index (χ3v) is 2.46. The van der Waals surface area contributed by atoms with Crippen LogP contribution in [0.5, 0.6) is 5.75 Å². The molecule has 0 saturated carbocycles. The molecule has 0 aliphatic rings. The van der Waals surface area contributed by atoms with Gasteiger partial charge in [0.25, 0.3) is 0 Å². The minimum Gasteiger partial charge on any atom is -0.405 e. The summed E-state index contributed by atoms with van der Waals surface area (Å²) in [6.07, 6.45) is -4.75. The summed E-state index contributed by atoms with van der Waals surface area (Å²) >= 11 is 8.41. The number of rotatable bonds is 1. The van der Waals surface area contributed by atoms with Gasteiger partial charge in [0, 0.05) is 0 Å². The highest BCUT2D eigenvalue weighted by molar-refractivity contribution is 9.10. The molecule has 1 aromatic carbocycles. The summed E-state index contributed by atoms with van der Waals surface area (Å²) in [6.45, 7) is 0. The molecule has 14 heavy (non-hydrogen) atoms. The van der Waals surface area contributed by atoms with Crippen LogP contribution < -0.4 is 10.5 Å². The van der Waals surface area contributed by atoms with Crippen LogP contribution >= 0.6 is 27.5 Å². The molecule has 2 N–H and O–H groups in total. The summed E-state index contributed by atoms with van der Waals surface area (Å²) in [5.74, 6) is -0.417. The molecule has 0 fully saturated rings.